The molecule has 2 N–H and O–H groups in total. The van der Waals surface area contributed by atoms with Crippen molar-refractivity contribution >= 4 is 11.7 Å². The van der Waals surface area contributed by atoms with Crippen molar-refractivity contribution in [3.63, 3.8) is 0 Å². The fourth-order valence-electron chi connectivity index (χ4n) is 1.67. The summed E-state index contributed by atoms with van der Waals surface area (Å²) in [5, 5.41) is 21.0. The Bertz CT molecular complexity index is 480. The molecule has 0 saturated carbocycles. The molecule has 0 aromatic carbocycles. The molecule has 0 unspecified atom stereocenters. The maximum atomic E-state index is 11.2. The SMILES string of the molecule is CC[C@H](C)[C@H](Nc1cc(C)nc(C#N)c1)C(=O)O. The summed E-state index contributed by atoms with van der Waals surface area (Å²) in [4.78, 5) is 15.2. The highest BCUT2D eigenvalue weighted by molar-refractivity contribution is 5.77. The zero-order chi connectivity index (χ0) is 13.7. The van der Waals surface area contributed by atoms with Gasteiger partial charge in [0.05, 0.1) is 0 Å². The van der Waals surface area contributed by atoms with Crippen LogP contribution in [0.5, 0.6) is 0 Å². The molecule has 5 heteroatoms. The van der Waals surface area contributed by atoms with Gasteiger partial charge in [-0.05, 0) is 25.0 Å². The van der Waals surface area contributed by atoms with Crippen molar-refractivity contribution in [3.05, 3.63) is 23.5 Å². The number of carboxylic acids is 1. The summed E-state index contributed by atoms with van der Waals surface area (Å²) >= 11 is 0. The third-order valence-electron chi connectivity index (χ3n) is 2.87. The van der Waals surface area contributed by atoms with Crippen molar-refractivity contribution in [2.24, 2.45) is 5.92 Å². The highest BCUT2D eigenvalue weighted by atomic mass is 16.4. The normalized spacial score (nSPS) is 13.4. The van der Waals surface area contributed by atoms with Crippen LogP contribution in [0.2, 0.25) is 0 Å². The predicted molar refractivity (Wildman–Crippen MR) is 68.2 cm³/mol. The quantitative estimate of drug-likeness (QED) is 0.832. The number of hydrogen-bond donors (Lipinski definition) is 2. The van der Waals surface area contributed by atoms with Crippen LogP contribution in [0.25, 0.3) is 0 Å². The molecule has 1 rings (SSSR count). The summed E-state index contributed by atoms with van der Waals surface area (Å²) in [6, 6.07) is 4.59. The Morgan fingerprint density at radius 3 is 2.78 bits per heavy atom. The molecule has 0 radical (unpaired) electrons. The molecule has 18 heavy (non-hydrogen) atoms. The molecule has 0 amide bonds. The molecule has 0 aliphatic carbocycles. The van der Waals surface area contributed by atoms with E-state index in [9.17, 15) is 9.90 Å². The van der Waals surface area contributed by atoms with E-state index in [1.165, 1.54) is 0 Å². The van der Waals surface area contributed by atoms with Gasteiger partial charge in [0.15, 0.2) is 0 Å². The van der Waals surface area contributed by atoms with Gasteiger partial charge in [-0.15, -0.1) is 0 Å². The Labute approximate surface area is 106 Å². The second-order valence-corrected chi connectivity index (χ2v) is 4.34. The van der Waals surface area contributed by atoms with Gasteiger partial charge >= 0.3 is 5.97 Å². The molecular weight excluding hydrogens is 230 g/mol. The number of aliphatic carboxylic acids is 1. The Kier molecular flexibility index (Phi) is 4.67. The number of hydrogen-bond acceptors (Lipinski definition) is 4. The Morgan fingerprint density at radius 1 is 1.61 bits per heavy atom. The lowest BCUT2D eigenvalue weighted by molar-refractivity contribution is -0.139. The Morgan fingerprint density at radius 2 is 2.28 bits per heavy atom. The van der Waals surface area contributed by atoms with Crippen LogP contribution in [0.4, 0.5) is 5.69 Å². The van der Waals surface area contributed by atoms with Crippen LogP contribution in [0.1, 0.15) is 31.7 Å². The minimum absolute atomic E-state index is 0.00140. The van der Waals surface area contributed by atoms with Crippen LogP contribution in [-0.4, -0.2) is 22.1 Å². The maximum Gasteiger partial charge on any atom is 0.326 e. The summed E-state index contributed by atoms with van der Waals surface area (Å²) in [7, 11) is 0. The van der Waals surface area contributed by atoms with Gasteiger partial charge in [-0.3, -0.25) is 0 Å². The molecular formula is C13H17N3O2. The highest BCUT2D eigenvalue weighted by Crippen LogP contribution is 2.17. The van der Waals surface area contributed by atoms with Crippen LogP contribution < -0.4 is 5.32 Å². The second-order valence-electron chi connectivity index (χ2n) is 4.34. The van der Waals surface area contributed by atoms with Crippen molar-refractivity contribution in [1.29, 1.82) is 5.26 Å². The van der Waals surface area contributed by atoms with Gasteiger partial charge < -0.3 is 10.4 Å². The fourth-order valence-corrected chi connectivity index (χ4v) is 1.67. The fraction of sp³-hybridized carbons (Fsp3) is 0.462. The highest BCUT2D eigenvalue weighted by Gasteiger charge is 2.23. The third kappa shape index (κ3) is 3.45. The van der Waals surface area contributed by atoms with E-state index in [-0.39, 0.29) is 11.6 Å². The minimum Gasteiger partial charge on any atom is -0.480 e. The van der Waals surface area contributed by atoms with Crippen LogP contribution >= 0.6 is 0 Å². The van der Waals surface area contributed by atoms with Gasteiger partial charge in [0.1, 0.15) is 17.8 Å². The number of aryl methyl sites for hydroxylation is 1. The molecule has 1 aromatic rings. The summed E-state index contributed by atoms with van der Waals surface area (Å²) in [6.07, 6.45) is 0.763. The van der Waals surface area contributed by atoms with E-state index in [4.69, 9.17) is 5.26 Å². The standard InChI is InChI=1S/C13H17N3O2/c1-4-8(2)12(13(17)18)16-10-5-9(3)15-11(6-10)7-14/h5-6,8,12H,4H2,1-3H3,(H,15,16)(H,17,18)/t8-,12-/m0/s1. The van der Waals surface area contributed by atoms with E-state index < -0.39 is 12.0 Å². The van der Waals surface area contributed by atoms with Crippen molar-refractivity contribution in [3.8, 4) is 6.07 Å². The first kappa shape index (κ1) is 14.0. The minimum atomic E-state index is -0.891. The third-order valence-corrected chi connectivity index (χ3v) is 2.87. The van der Waals surface area contributed by atoms with Gasteiger partial charge in [0.25, 0.3) is 0 Å². The van der Waals surface area contributed by atoms with E-state index >= 15 is 0 Å². The van der Waals surface area contributed by atoms with E-state index in [2.05, 4.69) is 10.3 Å². The zero-order valence-electron chi connectivity index (χ0n) is 10.8. The Hall–Kier alpha value is -2.09. The number of anilines is 1. The topological polar surface area (TPSA) is 86.0 Å². The van der Waals surface area contributed by atoms with Crippen molar-refractivity contribution < 1.29 is 9.90 Å². The smallest absolute Gasteiger partial charge is 0.326 e. The zero-order valence-corrected chi connectivity index (χ0v) is 10.8. The van der Waals surface area contributed by atoms with E-state index in [1.807, 2.05) is 19.9 Å². The van der Waals surface area contributed by atoms with Gasteiger partial charge in [-0.1, -0.05) is 20.3 Å². The lowest BCUT2D eigenvalue weighted by Gasteiger charge is -2.21. The number of pyridine rings is 1. The largest absolute Gasteiger partial charge is 0.480 e. The van der Waals surface area contributed by atoms with Crippen molar-refractivity contribution in [1.82, 2.24) is 4.98 Å². The first-order valence-corrected chi connectivity index (χ1v) is 5.86. The van der Waals surface area contributed by atoms with Crippen LogP contribution in [0.15, 0.2) is 12.1 Å². The van der Waals surface area contributed by atoms with Gasteiger partial charge in [0, 0.05) is 11.4 Å². The van der Waals surface area contributed by atoms with Crippen LogP contribution in [0, 0.1) is 24.2 Å². The first-order chi connectivity index (χ1) is 8.47. The molecule has 96 valence electrons. The lowest BCUT2D eigenvalue weighted by atomic mass is 9.99. The molecule has 2 atom stereocenters. The second kappa shape index (κ2) is 6.01. The predicted octanol–water partition coefficient (Wildman–Crippen LogP) is 2.17. The molecule has 0 spiro atoms. The number of rotatable bonds is 5. The van der Waals surface area contributed by atoms with Gasteiger partial charge in [-0.25, -0.2) is 9.78 Å². The van der Waals surface area contributed by atoms with Gasteiger partial charge in [0.2, 0.25) is 0 Å². The van der Waals surface area contributed by atoms with Crippen molar-refractivity contribution in [2.45, 2.75) is 33.2 Å². The van der Waals surface area contributed by atoms with Crippen molar-refractivity contribution in [2.75, 3.05) is 5.32 Å². The summed E-state index contributed by atoms with van der Waals surface area (Å²) < 4.78 is 0. The van der Waals surface area contributed by atoms with Gasteiger partial charge in [-0.2, -0.15) is 5.26 Å². The number of carboxylic acid groups (broad SMARTS) is 1. The Balaban J connectivity index is 2.97. The van der Waals surface area contributed by atoms with Crippen LogP contribution in [0.3, 0.4) is 0 Å². The number of carbonyl (C=O) groups is 1. The molecule has 1 aromatic heterocycles. The number of aromatic nitrogens is 1. The van der Waals surface area contributed by atoms with E-state index in [1.54, 1.807) is 19.1 Å². The maximum absolute atomic E-state index is 11.2. The lowest BCUT2D eigenvalue weighted by Crippen LogP contribution is -2.35. The molecule has 0 saturated heterocycles. The van der Waals surface area contributed by atoms with Crippen LogP contribution in [-0.2, 0) is 4.79 Å². The number of nitrogens with one attached hydrogen (secondary N) is 1. The summed E-state index contributed by atoms with van der Waals surface area (Å²) in [6.45, 7) is 5.59. The summed E-state index contributed by atoms with van der Waals surface area (Å²) in [5.74, 6) is -0.890. The number of nitriles is 1. The molecule has 0 fully saturated rings. The molecule has 1 heterocycles. The van der Waals surface area contributed by atoms with E-state index in [0.29, 0.717) is 11.4 Å². The molecule has 0 aliphatic heterocycles. The average molecular weight is 247 g/mol. The summed E-state index contributed by atoms with van der Waals surface area (Å²) in [5.41, 5.74) is 1.59. The molecule has 5 nitrogen and oxygen atoms in total. The average Bonchev–Trinajstić information content (AvgIpc) is 2.34. The molecule has 0 bridgehead atoms. The number of nitrogens with zero attached hydrogens (tertiary/aromatic N) is 2. The monoisotopic (exact) mass is 247 g/mol. The molecule has 0 aliphatic rings. The first-order valence-electron chi connectivity index (χ1n) is 5.86. The van der Waals surface area contributed by atoms with E-state index in [0.717, 1.165) is 6.42 Å².